The topological polar surface area (TPSA) is 9.23 Å². The zero-order valence-corrected chi connectivity index (χ0v) is 18.3. The molecule has 2 unspecified atom stereocenters. The molecular formula is C27H34F2O. The smallest absolute Gasteiger partial charge is 0.200 e. The first kappa shape index (κ1) is 22.5. The van der Waals surface area contributed by atoms with Crippen LogP contribution in [0.2, 0.25) is 0 Å². The lowest BCUT2D eigenvalue weighted by atomic mass is 9.82. The molecule has 2 aromatic carbocycles. The molecule has 0 aliphatic heterocycles. The normalized spacial score (nSPS) is 18.5. The average molecular weight is 413 g/mol. The van der Waals surface area contributed by atoms with Crippen molar-refractivity contribution in [2.75, 3.05) is 6.61 Å². The molecule has 0 heterocycles. The molecule has 30 heavy (non-hydrogen) atoms. The number of rotatable bonds is 10. The van der Waals surface area contributed by atoms with E-state index in [1.807, 2.05) is 0 Å². The number of unbranched alkanes of at least 4 members (excludes halogenated alkanes) is 2. The molecule has 2 aromatic rings. The van der Waals surface area contributed by atoms with Gasteiger partial charge in [0.05, 0.1) is 6.61 Å². The highest BCUT2D eigenvalue weighted by Gasteiger charge is 2.19. The average Bonchev–Trinajstić information content (AvgIpc) is 2.78. The first-order valence-electron chi connectivity index (χ1n) is 11.5. The molecule has 0 fully saturated rings. The minimum atomic E-state index is -0.869. The molecule has 0 saturated heterocycles. The van der Waals surface area contributed by atoms with Crippen LogP contribution in [0.1, 0.15) is 75.0 Å². The Labute approximate surface area is 180 Å². The maximum Gasteiger partial charge on any atom is 0.200 e. The number of allylic oxidation sites excluding steroid dienone is 2. The third-order valence-corrected chi connectivity index (χ3v) is 6.15. The third kappa shape index (κ3) is 5.93. The quantitative estimate of drug-likeness (QED) is 0.286. The van der Waals surface area contributed by atoms with E-state index in [0.717, 1.165) is 19.3 Å². The Bertz CT molecular complexity index is 826. The maximum atomic E-state index is 14.3. The summed E-state index contributed by atoms with van der Waals surface area (Å²) in [6.45, 7) is 4.32. The van der Waals surface area contributed by atoms with Crippen LogP contribution in [-0.2, 0) is 12.8 Å². The number of halogens is 2. The van der Waals surface area contributed by atoms with Gasteiger partial charge in [-0.15, -0.1) is 0 Å². The Balaban J connectivity index is 1.52. The van der Waals surface area contributed by atoms with Crippen LogP contribution < -0.4 is 4.74 Å². The van der Waals surface area contributed by atoms with E-state index in [0.29, 0.717) is 30.4 Å². The largest absolute Gasteiger partial charge is 0.491 e. The van der Waals surface area contributed by atoms with Crippen LogP contribution in [0.15, 0.2) is 48.6 Å². The van der Waals surface area contributed by atoms with Crippen LogP contribution in [0, 0.1) is 17.6 Å². The molecule has 1 aliphatic carbocycles. The van der Waals surface area contributed by atoms with Gasteiger partial charge in [0.2, 0.25) is 5.82 Å². The minimum absolute atomic E-state index is 0.00413. The van der Waals surface area contributed by atoms with Gasteiger partial charge in [-0.25, -0.2) is 4.39 Å². The van der Waals surface area contributed by atoms with Gasteiger partial charge >= 0.3 is 0 Å². The Morgan fingerprint density at radius 3 is 2.33 bits per heavy atom. The Morgan fingerprint density at radius 2 is 1.67 bits per heavy atom. The van der Waals surface area contributed by atoms with Gasteiger partial charge in [0.15, 0.2) is 11.6 Å². The van der Waals surface area contributed by atoms with Crippen molar-refractivity contribution < 1.29 is 13.5 Å². The van der Waals surface area contributed by atoms with Crippen molar-refractivity contribution in [1.82, 2.24) is 0 Å². The van der Waals surface area contributed by atoms with Crippen LogP contribution in [0.3, 0.4) is 0 Å². The molecule has 3 rings (SSSR count). The van der Waals surface area contributed by atoms with E-state index in [-0.39, 0.29) is 5.75 Å². The molecule has 0 bridgehead atoms. The lowest BCUT2D eigenvalue weighted by Gasteiger charge is -2.23. The summed E-state index contributed by atoms with van der Waals surface area (Å²) in [7, 11) is 0. The van der Waals surface area contributed by atoms with Gasteiger partial charge in [-0.1, -0.05) is 62.2 Å². The molecule has 0 spiro atoms. The van der Waals surface area contributed by atoms with E-state index >= 15 is 0 Å². The van der Waals surface area contributed by atoms with Crippen LogP contribution >= 0.6 is 0 Å². The minimum Gasteiger partial charge on any atom is -0.491 e. The van der Waals surface area contributed by atoms with Gasteiger partial charge in [-0.2, -0.15) is 4.39 Å². The molecule has 3 heteroatoms. The molecule has 0 saturated carbocycles. The fraction of sp³-hybridized carbons (Fsp3) is 0.481. The van der Waals surface area contributed by atoms with Crippen LogP contribution in [0.25, 0.3) is 0 Å². The van der Waals surface area contributed by atoms with Crippen molar-refractivity contribution in [3.8, 4) is 5.75 Å². The monoisotopic (exact) mass is 412 g/mol. The Kier molecular flexibility index (Phi) is 8.48. The SMILES string of the molecule is CCCCCc1ccc(C2C=CC(CCc3ccc(OCC)c(F)c3F)CC2)cc1. The zero-order valence-electron chi connectivity index (χ0n) is 18.3. The summed E-state index contributed by atoms with van der Waals surface area (Å²) >= 11 is 0. The van der Waals surface area contributed by atoms with E-state index in [1.54, 1.807) is 13.0 Å². The van der Waals surface area contributed by atoms with Crippen molar-refractivity contribution in [2.24, 2.45) is 5.92 Å². The zero-order chi connectivity index (χ0) is 21.3. The number of aryl methyl sites for hydroxylation is 2. The summed E-state index contributed by atoms with van der Waals surface area (Å²) in [5.74, 6) is -0.755. The first-order valence-corrected chi connectivity index (χ1v) is 11.5. The summed E-state index contributed by atoms with van der Waals surface area (Å²) in [5, 5.41) is 0. The van der Waals surface area contributed by atoms with E-state index in [2.05, 4.69) is 43.3 Å². The predicted octanol–water partition coefficient (Wildman–Crippen LogP) is 7.78. The van der Waals surface area contributed by atoms with E-state index in [4.69, 9.17) is 4.74 Å². The van der Waals surface area contributed by atoms with Gasteiger partial charge in [0.25, 0.3) is 0 Å². The van der Waals surface area contributed by atoms with Gasteiger partial charge in [-0.3, -0.25) is 0 Å². The van der Waals surface area contributed by atoms with Crippen molar-refractivity contribution >= 4 is 0 Å². The summed E-state index contributed by atoms with van der Waals surface area (Å²) in [6.07, 6.45) is 13.1. The van der Waals surface area contributed by atoms with E-state index in [1.165, 1.54) is 42.9 Å². The highest BCUT2D eigenvalue weighted by Crippen LogP contribution is 2.33. The first-order chi connectivity index (χ1) is 14.6. The third-order valence-electron chi connectivity index (χ3n) is 6.15. The van der Waals surface area contributed by atoms with Crippen molar-refractivity contribution in [1.29, 1.82) is 0 Å². The second kappa shape index (κ2) is 11.3. The van der Waals surface area contributed by atoms with Crippen LogP contribution in [0.5, 0.6) is 5.75 Å². The molecular weight excluding hydrogens is 378 g/mol. The van der Waals surface area contributed by atoms with Gasteiger partial charge in [-0.05, 0) is 74.1 Å². The highest BCUT2D eigenvalue weighted by atomic mass is 19.2. The second-order valence-corrected chi connectivity index (χ2v) is 8.35. The van der Waals surface area contributed by atoms with Gasteiger partial charge < -0.3 is 4.74 Å². The van der Waals surface area contributed by atoms with Crippen LogP contribution in [-0.4, -0.2) is 6.61 Å². The number of ether oxygens (including phenoxy) is 1. The number of hydrogen-bond acceptors (Lipinski definition) is 1. The fourth-order valence-corrected chi connectivity index (χ4v) is 4.28. The molecule has 0 radical (unpaired) electrons. The van der Waals surface area contributed by atoms with E-state index in [9.17, 15) is 8.78 Å². The second-order valence-electron chi connectivity index (χ2n) is 8.35. The van der Waals surface area contributed by atoms with Crippen molar-refractivity contribution in [3.05, 3.63) is 76.9 Å². The lowest BCUT2D eigenvalue weighted by Crippen LogP contribution is -2.09. The lowest BCUT2D eigenvalue weighted by molar-refractivity contribution is 0.313. The molecule has 162 valence electrons. The predicted molar refractivity (Wildman–Crippen MR) is 120 cm³/mol. The molecule has 0 aromatic heterocycles. The summed E-state index contributed by atoms with van der Waals surface area (Å²) in [6, 6.07) is 12.3. The Hall–Kier alpha value is -2.16. The van der Waals surface area contributed by atoms with E-state index < -0.39 is 11.6 Å². The summed E-state index contributed by atoms with van der Waals surface area (Å²) in [5.41, 5.74) is 3.24. The molecule has 0 N–H and O–H groups in total. The van der Waals surface area contributed by atoms with Crippen molar-refractivity contribution in [3.63, 3.8) is 0 Å². The van der Waals surface area contributed by atoms with Crippen LogP contribution in [0.4, 0.5) is 8.78 Å². The molecule has 2 atom stereocenters. The summed E-state index contributed by atoms with van der Waals surface area (Å²) in [4.78, 5) is 0. The molecule has 1 aliphatic rings. The van der Waals surface area contributed by atoms with Gasteiger partial charge in [0, 0.05) is 5.92 Å². The van der Waals surface area contributed by atoms with Gasteiger partial charge in [0.1, 0.15) is 0 Å². The number of benzene rings is 2. The maximum absolute atomic E-state index is 14.3. The summed E-state index contributed by atoms with van der Waals surface area (Å²) < 4.78 is 33.5. The Morgan fingerprint density at radius 1 is 0.867 bits per heavy atom. The molecule has 0 amide bonds. The fourth-order valence-electron chi connectivity index (χ4n) is 4.28. The highest BCUT2D eigenvalue weighted by molar-refractivity contribution is 5.32. The standard InChI is InChI=1S/C27H34F2O/c1-3-5-6-7-20-8-13-22(14-9-20)23-15-10-21(11-16-23)12-17-24-18-19-25(30-4-2)27(29)26(24)28/h8-10,13-15,18-19,21,23H,3-7,11-12,16-17H2,1-2H3. The van der Waals surface area contributed by atoms with Crippen molar-refractivity contribution in [2.45, 2.75) is 71.1 Å². The molecule has 1 nitrogen and oxygen atoms in total. The number of hydrogen-bond donors (Lipinski definition) is 0.